The topological polar surface area (TPSA) is 66.4 Å². The standard InChI is InChI=1S/C10H9BrFNO3/c11-6-1-2-8(12)7(3-6)9(13-5-14)4-10(15)16/h1-3,5,9H,4H2,(H,13,14)(H,15,16)/t9-/m1/s1. The fraction of sp³-hybridized carbons (Fsp3) is 0.200. The van der Waals surface area contributed by atoms with Gasteiger partial charge in [0, 0.05) is 10.0 Å². The van der Waals surface area contributed by atoms with Crippen molar-refractivity contribution in [3.8, 4) is 0 Å². The van der Waals surface area contributed by atoms with E-state index in [1.165, 1.54) is 18.2 Å². The molecule has 1 amide bonds. The molecule has 0 saturated heterocycles. The molecule has 0 aliphatic carbocycles. The maximum absolute atomic E-state index is 13.4. The Balaban J connectivity index is 3.03. The van der Waals surface area contributed by atoms with E-state index in [2.05, 4.69) is 21.2 Å². The van der Waals surface area contributed by atoms with Crippen LogP contribution < -0.4 is 5.32 Å². The van der Waals surface area contributed by atoms with Crippen LogP contribution in [0.15, 0.2) is 22.7 Å². The summed E-state index contributed by atoms with van der Waals surface area (Å²) >= 11 is 3.15. The molecule has 4 nitrogen and oxygen atoms in total. The summed E-state index contributed by atoms with van der Waals surface area (Å²) in [5.41, 5.74) is 0.142. The Labute approximate surface area is 99.6 Å². The smallest absolute Gasteiger partial charge is 0.305 e. The number of rotatable bonds is 5. The first-order valence-corrected chi connectivity index (χ1v) is 5.20. The SMILES string of the molecule is O=CN[C@H](CC(=O)O)c1cc(Br)ccc1F. The number of carbonyl (C=O) groups is 2. The molecule has 0 spiro atoms. The van der Waals surface area contributed by atoms with Gasteiger partial charge in [-0.3, -0.25) is 9.59 Å². The van der Waals surface area contributed by atoms with Gasteiger partial charge >= 0.3 is 5.97 Å². The van der Waals surface area contributed by atoms with Gasteiger partial charge in [-0.1, -0.05) is 15.9 Å². The second kappa shape index (κ2) is 5.60. The first-order chi connectivity index (χ1) is 7.54. The first kappa shape index (κ1) is 12.6. The van der Waals surface area contributed by atoms with Crippen LogP contribution in [0.4, 0.5) is 4.39 Å². The molecule has 0 saturated carbocycles. The molecule has 0 aromatic heterocycles. The molecule has 0 bridgehead atoms. The van der Waals surface area contributed by atoms with Crippen LogP contribution in [0.25, 0.3) is 0 Å². The molecule has 0 heterocycles. The summed E-state index contributed by atoms with van der Waals surface area (Å²) in [5, 5.41) is 10.9. The highest BCUT2D eigenvalue weighted by molar-refractivity contribution is 9.10. The third kappa shape index (κ3) is 3.30. The molecule has 1 atom stereocenters. The number of amides is 1. The fourth-order valence-electron chi connectivity index (χ4n) is 1.30. The molecular weight excluding hydrogens is 281 g/mol. The number of carboxylic acids is 1. The molecule has 1 aromatic rings. The van der Waals surface area contributed by atoms with Crippen molar-refractivity contribution in [1.29, 1.82) is 0 Å². The average molecular weight is 290 g/mol. The van der Waals surface area contributed by atoms with E-state index < -0.39 is 17.8 Å². The van der Waals surface area contributed by atoms with Gasteiger partial charge < -0.3 is 10.4 Å². The van der Waals surface area contributed by atoms with Crippen LogP contribution in [0.2, 0.25) is 0 Å². The maximum atomic E-state index is 13.4. The van der Waals surface area contributed by atoms with E-state index in [1.54, 1.807) is 0 Å². The second-order valence-electron chi connectivity index (χ2n) is 3.10. The lowest BCUT2D eigenvalue weighted by Gasteiger charge is -2.15. The molecule has 86 valence electrons. The van der Waals surface area contributed by atoms with Crippen LogP contribution in [0, 0.1) is 5.82 Å². The summed E-state index contributed by atoms with van der Waals surface area (Å²) in [4.78, 5) is 20.9. The van der Waals surface area contributed by atoms with Gasteiger partial charge in [0.2, 0.25) is 6.41 Å². The minimum absolute atomic E-state index is 0.142. The highest BCUT2D eigenvalue weighted by atomic mass is 79.9. The molecule has 6 heteroatoms. The van der Waals surface area contributed by atoms with Crippen molar-refractivity contribution in [2.75, 3.05) is 0 Å². The van der Waals surface area contributed by atoms with Gasteiger partial charge in [-0.15, -0.1) is 0 Å². The van der Waals surface area contributed by atoms with E-state index in [0.29, 0.717) is 10.9 Å². The van der Waals surface area contributed by atoms with E-state index in [0.717, 1.165) is 0 Å². The Morgan fingerprint density at radius 2 is 2.31 bits per heavy atom. The lowest BCUT2D eigenvalue weighted by Crippen LogP contribution is -2.23. The van der Waals surface area contributed by atoms with E-state index in [-0.39, 0.29) is 12.0 Å². The van der Waals surface area contributed by atoms with Crippen LogP contribution in [0.3, 0.4) is 0 Å². The van der Waals surface area contributed by atoms with Gasteiger partial charge in [-0.2, -0.15) is 0 Å². The molecule has 0 unspecified atom stereocenters. The van der Waals surface area contributed by atoms with Crippen molar-refractivity contribution in [3.63, 3.8) is 0 Å². The Hall–Kier alpha value is -1.43. The van der Waals surface area contributed by atoms with E-state index >= 15 is 0 Å². The Bertz CT molecular complexity index is 411. The van der Waals surface area contributed by atoms with Crippen molar-refractivity contribution in [2.24, 2.45) is 0 Å². The molecule has 16 heavy (non-hydrogen) atoms. The van der Waals surface area contributed by atoms with Crippen LogP contribution in [0.5, 0.6) is 0 Å². The number of benzene rings is 1. The minimum Gasteiger partial charge on any atom is -0.481 e. The number of aliphatic carboxylic acids is 1. The van der Waals surface area contributed by atoms with Crippen LogP contribution >= 0.6 is 15.9 Å². The third-order valence-corrected chi connectivity index (χ3v) is 2.47. The van der Waals surface area contributed by atoms with E-state index in [1.807, 2.05) is 0 Å². The van der Waals surface area contributed by atoms with Crippen molar-refractivity contribution in [3.05, 3.63) is 34.1 Å². The quantitative estimate of drug-likeness (QED) is 0.813. The molecule has 0 aliphatic heterocycles. The molecular formula is C10H9BrFNO3. The molecule has 2 N–H and O–H groups in total. The van der Waals surface area contributed by atoms with Crippen LogP contribution in [0.1, 0.15) is 18.0 Å². The predicted octanol–water partition coefficient (Wildman–Crippen LogP) is 1.85. The van der Waals surface area contributed by atoms with Gasteiger partial charge in [0.1, 0.15) is 5.82 Å². The second-order valence-corrected chi connectivity index (χ2v) is 4.02. The normalized spacial score (nSPS) is 11.9. The highest BCUT2D eigenvalue weighted by Gasteiger charge is 2.18. The number of nitrogens with one attached hydrogen (secondary N) is 1. The lowest BCUT2D eigenvalue weighted by molar-refractivity contribution is -0.137. The maximum Gasteiger partial charge on any atom is 0.305 e. The lowest BCUT2D eigenvalue weighted by atomic mass is 10.0. The summed E-state index contributed by atoms with van der Waals surface area (Å²) < 4.78 is 14.0. The summed E-state index contributed by atoms with van der Waals surface area (Å²) in [6, 6.07) is 3.28. The van der Waals surface area contributed by atoms with Crippen molar-refractivity contribution < 1.29 is 19.1 Å². The fourth-order valence-corrected chi connectivity index (χ4v) is 1.68. The third-order valence-electron chi connectivity index (χ3n) is 1.98. The number of hydrogen-bond donors (Lipinski definition) is 2. The number of hydrogen-bond acceptors (Lipinski definition) is 2. The van der Waals surface area contributed by atoms with Gasteiger partial charge in [0.25, 0.3) is 0 Å². The summed E-state index contributed by atoms with van der Waals surface area (Å²) in [6.07, 6.45) is -0.0138. The largest absolute Gasteiger partial charge is 0.481 e. The molecule has 0 radical (unpaired) electrons. The average Bonchev–Trinajstić information content (AvgIpc) is 2.20. The number of carboxylic acid groups (broad SMARTS) is 1. The van der Waals surface area contributed by atoms with Gasteiger partial charge in [0.05, 0.1) is 12.5 Å². The highest BCUT2D eigenvalue weighted by Crippen LogP contribution is 2.23. The van der Waals surface area contributed by atoms with E-state index in [9.17, 15) is 14.0 Å². The molecule has 0 aliphatic rings. The Kier molecular flexibility index (Phi) is 4.42. The van der Waals surface area contributed by atoms with Gasteiger partial charge in [0.15, 0.2) is 0 Å². The zero-order chi connectivity index (χ0) is 12.1. The Morgan fingerprint density at radius 1 is 1.62 bits per heavy atom. The summed E-state index contributed by atoms with van der Waals surface area (Å²) in [7, 11) is 0. The van der Waals surface area contributed by atoms with E-state index in [4.69, 9.17) is 5.11 Å². The summed E-state index contributed by atoms with van der Waals surface area (Å²) in [5.74, 6) is -1.66. The zero-order valence-corrected chi connectivity index (χ0v) is 9.70. The van der Waals surface area contributed by atoms with Crippen LogP contribution in [-0.4, -0.2) is 17.5 Å². The number of halogens is 2. The molecule has 1 rings (SSSR count). The van der Waals surface area contributed by atoms with Crippen molar-refractivity contribution in [2.45, 2.75) is 12.5 Å². The zero-order valence-electron chi connectivity index (χ0n) is 8.11. The van der Waals surface area contributed by atoms with Crippen molar-refractivity contribution in [1.82, 2.24) is 5.32 Å². The first-order valence-electron chi connectivity index (χ1n) is 4.41. The predicted molar refractivity (Wildman–Crippen MR) is 58.3 cm³/mol. The number of carbonyl (C=O) groups excluding carboxylic acids is 1. The minimum atomic E-state index is -1.11. The monoisotopic (exact) mass is 289 g/mol. The molecule has 0 fully saturated rings. The van der Waals surface area contributed by atoms with Crippen molar-refractivity contribution >= 4 is 28.3 Å². The summed E-state index contributed by atoms with van der Waals surface area (Å²) in [6.45, 7) is 0. The molecule has 1 aromatic carbocycles. The van der Waals surface area contributed by atoms with Gasteiger partial charge in [-0.25, -0.2) is 4.39 Å². The van der Waals surface area contributed by atoms with Gasteiger partial charge in [-0.05, 0) is 18.2 Å². The Morgan fingerprint density at radius 3 is 2.88 bits per heavy atom. The van der Waals surface area contributed by atoms with Crippen LogP contribution in [-0.2, 0) is 9.59 Å².